The lowest BCUT2D eigenvalue weighted by Gasteiger charge is -2.36. The maximum Gasteiger partial charge on any atom is 0.387 e. The van der Waals surface area contributed by atoms with E-state index in [1.807, 2.05) is 24.3 Å². The molecule has 2 amide bonds. The zero-order chi connectivity index (χ0) is 20.1. The highest BCUT2D eigenvalue weighted by Gasteiger charge is 2.23. The van der Waals surface area contributed by atoms with Gasteiger partial charge in [0.05, 0.1) is 6.54 Å². The molecule has 1 aliphatic heterocycles. The summed E-state index contributed by atoms with van der Waals surface area (Å²) in [6.07, 6.45) is 0. The molecule has 0 bridgehead atoms. The molecule has 0 saturated carbocycles. The number of hydrogen-bond donors (Lipinski definition) is 1. The molecule has 0 spiro atoms. The second-order valence-corrected chi connectivity index (χ2v) is 7.37. The number of rotatable bonds is 6. The van der Waals surface area contributed by atoms with E-state index in [1.165, 1.54) is 11.4 Å². The third-order valence-electron chi connectivity index (χ3n) is 4.28. The van der Waals surface area contributed by atoms with Gasteiger partial charge in [0.2, 0.25) is 5.91 Å². The lowest BCUT2D eigenvalue weighted by molar-refractivity contribution is -0.130. The molecule has 1 aromatic heterocycles. The molecule has 10 heteroatoms. The van der Waals surface area contributed by atoms with Crippen molar-refractivity contribution >= 4 is 40.4 Å². The molecule has 0 radical (unpaired) electrons. The van der Waals surface area contributed by atoms with E-state index in [1.54, 1.807) is 4.90 Å². The van der Waals surface area contributed by atoms with Crippen molar-refractivity contribution in [2.45, 2.75) is 6.61 Å². The predicted octanol–water partition coefficient (Wildman–Crippen LogP) is 3.08. The number of piperazine rings is 1. The molecule has 0 atom stereocenters. The lowest BCUT2D eigenvalue weighted by Crippen LogP contribution is -2.51. The Morgan fingerprint density at radius 3 is 2.46 bits per heavy atom. The number of alkyl halides is 2. The Kier molecular flexibility index (Phi) is 6.69. The fourth-order valence-electron chi connectivity index (χ4n) is 2.87. The number of benzene rings is 1. The highest BCUT2D eigenvalue weighted by Crippen LogP contribution is 2.26. The second kappa shape index (κ2) is 9.20. The number of hydrogen-bond acceptors (Lipinski definition) is 5. The summed E-state index contributed by atoms with van der Waals surface area (Å²) in [6.45, 7) is -0.838. The van der Waals surface area contributed by atoms with E-state index in [9.17, 15) is 18.4 Å². The molecule has 1 aromatic carbocycles. The number of carbonyl (C=O) groups excluding carboxylic acids is 2. The van der Waals surface area contributed by atoms with Crippen LogP contribution in [-0.4, -0.2) is 56.0 Å². The quantitative estimate of drug-likeness (QED) is 0.766. The van der Waals surface area contributed by atoms with E-state index in [2.05, 4.69) is 15.0 Å². The highest BCUT2D eigenvalue weighted by molar-refractivity contribution is 7.12. The molecule has 1 aliphatic rings. The molecular weight excluding hydrogens is 412 g/mol. The Morgan fingerprint density at radius 2 is 1.82 bits per heavy atom. The topological polar surface area (TPSA) is 61.9 Å². The molecule has 1 N–H and O–H groups in total. The van der Waals surface area contributed by atoms with Crippen molar-refractivity contribution in [3.8, 4) is 5.75 Å². The van der Waals surface area contributed by atoms with Crippen LogP contribution in [0.3, 0.4) is 0 Å². The number of anilines is 1. The summed E-state index contributed by atoms with van der Waals surface area (Å²) in [5, 5.41) is 4.62. The molecule has 0 aliphatic carbocycles. The average Bonchev–Trinajstić information content (AvgIpc) is 3.14. The Labute approximate surface area is 169 Å². The first kappa shape index (κ1) is 20.3. The van der Waals surface area contributed by atoms with E-state index in [-0.39, 0.29) is 23.1 Å². The van der Waals surface area contributed by atoms with Gasteiger partial charge in [0.1, 0.15) is 10.6 Å². The van der Waals surface area contributed by atoms with Gasteiger partial charge in [0, 0.05) is 36.9 Å². The number of carbonyl (C=O) groups is 2. The Balaban J connectivity index is 1.48. The number of nitrogens with one attached hydrogen (secondary N) is 1. The van der Waals surface area contributed by atoms with Crippen molar-refractivity contribution < 1.29 is 23.1 Å². The van der Waals surface area contributed by atoms with Crippen molar-refractivity contribution in [1.29, 1.82) is 0 Å². The van der Waals surface area contributed by atoms with E-state index < -0.39 is 12.5 Å². The van der Waals surface area contributed by atoms with Crippen LogP contribution in [0.1, 0.15) is 9.67 Å². The predicted molar refractivity (Wildman–Crippen MR) is 104 cm³/mol. The summed E-state index contributed by atoms with van der Waals surface area (Å²) in [5.74, 6) is -1.03. The normalized spacial score (nSPS) is 14.3. The summed E-state index contributed by atoms with van der Waals surface area (Å²) in [4.78, 5) is 28.3. The molecule has 2 heterocycles. The van der Waals surface area contributed by atoms with Crippen LogP contribution in [0.5, 0.6) is 5.75 Å². The number of thiophene rings is 1. The summed E-state index contributed by atoms with van der Waals surface area (Å²) in [5.41, 5.74) is 1.04. The minimum Gasteiger partial charge on any atom is -0.433 e. The Bertz CT molecular complexity index is 824. The fourth-order valence-corrected chi connectivity index (χ4v) is 3.73. The van der Waals surface area contributed by atoms with Crippen LogP contribution in [0.4, 0.5) is 14.5 Å². The van der Waals surface area contributed by atoms with Gasteiger partial charge in [-0.3, -0.25) is 9.59 Å². The largest absolute Gasteiger partial charge is 0.433 e. The summed E-state index contributed by atoms with van der Waals surface area (Å²) < 4.78 is 29.0. The van der Waals surface area contributed by atoms with E-state index in [4.69, 9.17) is 11.6 Å². The molecular formula is C18H18ClF2N3O3S. The molecule has 1 saturated heterocycles. The minimum absolute atomic E-state index is 0.0145. The van der Waals surface area contributed by atoms with Crippen molar-refractivity contribution in [2.24, 2.45) is 0 Å². The number of amides is 2. The highest BCUT2D eigenvalue weighted by atomic mass is 35.5. The van der Waals surface area contributed by atoms with Crippen LogP contribution < -0.4 is 15.0 Å². The first-order valence-electron chi connectivity index (χ1n) is 8.53. The monoisotopic (exact) mass is 429 g/mol. The van der Waals surface area contributed by atoms with Crippen molar-refractivity contribution in [3.05, 3.63) is 45.6 Å². The zero-order valence-corrected chi connectivity index (χ0v) is 16.3. The molecule has 0 unspecified atom stereocenters. The van der Waals surface area contributed by atoms with Gasteiger partial charge in [0.15, 0.2) is 0 Å². The average molecular weight is 430 g/mol. The number of ether oxygens (including phenoxy) is 1. The first-order valence-corrected chi connectivity index (χ1v) is 9.78. The van der Waals surface area contributed by atoms with Gasteiger partial charge in [-0.25, -0.2) is 0 Å². The van der Waals surface area contributed by atoms with Crippen LogP contribution in [0.25, 0.3) is 0 Å². The molecule has 28 heavy (non-hydrogen) atoms. The number of halogens is 3. The SMILES string of the molecule is O=C(NCC(=O)N1CCN(c2ccc(Cl)cc2)CC1)c1sccc1OC(F)F. The maximum absolute atomic E-state index is 12.4. The van der Waals surface area contributed by atoms with Crippen LogP contribution in [0.15, 0.2) is 35.7 Å². The van der Waals surface area contributed by atoms with Crippen molar-refractivity contribution in [2.75, 3.05) is 37.6 Å². The van der Waals surface area contributed by atoms with Crippen molar-refractivity contribution in [3.63, 3.8) is 0 Å². The van der Waals surface area contributed by atoms with E-state index in [0.29, 0.717) is 31.2 Å². The van der Waals surface area contributed by atoms with Gasteiger partial charge in [-0.1, -0.05) is 11.6 Å². The lowest BCUT2D eigenvalue weighted by atomic mass is 10.2. The van der Waals surface area contributed by atoms with E-state index >= 15 is 0 Å². The third-order valence-corrected chi connectivity index (χ3v) is 5.42. The van der Waals surface area contributed by atoms with Gasteiger partial charge in [-0.2, -0.15) is 8.78 Å². The van der Waals surface area contributed by atoms with Crippen LogP contribution in [-0.2, 0) is 4.79 Å². The molecule has 2 aromatic rings. The van der Waals surface area contributed by atoms with Crippen LogP contribution in [0, 0.1) is 0 Å². The molecule has 1 fully saturated rings. The Morgan fingerprint density at radius 1 is 1.14 bits per heavy atom. The minimum atomic E-state index is -3.01. The van der Waals surface area contributed by atoms with Gasteiger partial charge in [-0.15, -0.1) is 11.3 Å². The standard InChI is InChI=1S/C18H18ClF2N3O3S/c19-12-1-3-13(4-2-12)23-6-8-24(9-7-23)15(25)11-22-17(26)16-14(5-10-28-16)27-18(20)21/h1-5,10,18H,6-9,11H2,(H,22,26). The fraction of sp³-hybridized carbons (Fsp3) is 0.333. The first-order chi connectivity index (χ1) is 13.4. The molecule has 3 rings (SSSR count). The van der Waals surface area contributed by atoms with Gasteiger partial charge >= 0.3 is 6.61 Å². The van der Waals surface area contributed by atoms with Gasteiger partial charge in [0.25, 0.3) is 5.91 Å². The second-order valence-electron chi connectivity index (χ2n) is 6.02. The smallest absolute Gasteiger partial charge is 0.387 e. The molecule has 6 nitrogen and oxygen atoms in total. The van der Waals surface area contributed by atoms with Gasteiger partial charge in [-0.05, 0) is 35.7 Å². The van der Waals surface area contributed by atoms with E-state index in [0.717, 1.165) is 17.0 Å². The summed E-state index contributed by atoms with van der Waals surface area (Å²) >= 11 is 6.87. The van der Waals surface area contributed by atoms with Crippen molar-refractivity contribution in [1.82, 2.24) is 10.2 Å². The number of nitrogens with zero attached hydrogens (tertiary/aromatic N) is 2. The summed E-state index contributed by atoms with van der Waals surface area (Å²) in [6, 6.07) is 8.80. The molecule has 150 valence electrons. The zero-order valence-electron chi connectivity index (χ0n) is 14.7. The maximum atomic E-state index is 12.4. The Hall–Kier alpha value is -2.39. The van der Waals surface area contributed by atoms with Gasteiger partial charge < -0.3 is 19.9 Å². The van der Waals surface area contributed by atoms with Crippen LogP contribution in [0.2, 0.25) is 5.02 Å². The summed E-state index contributed by atoms with van der Waals surface area (Å²) in [7, 11) is 0. The third kappa shape index (κ3) is 5.11. The van der Waals surface area contributed by atoms with Crippen LogP contribution >= 0.6 is 22.9 Å².